The Balaban J connectivity index is 2.72. The Bertz CT molecular complexity index is 430. The number of hydrogen-bond acceptors (Lipinski definition) is 3. The second-order valence-electron chi connectivity index (χ2n) is 5.08. The summed E-state index contributed by atoms with van der Waals surface area (Å²) >= 11 is 0. The Hall–Kier alpha value is -1.55. The van der Waals surface area contributed by atoms with Gasteiger partial charge in [-0.3, -0.25) is 4.79 Å². The summed E-state index contributed by atoms with van der Waals surface area (Å²) in [5.74, 6) is 0.790. The maximum Gasteiger partial charge on any atom is 0.241 e. The molecule has 1 aromatic rings. The van der Waals surface area contributed by atoms with E-state index >= 15 is 0 Å². The summed E-state index contributed by atoms with van der Waals surface area (Å²) in [6.45, 7) is 8.56. The second-order valence-corrected chi connectivity index (χ2v) is 5.08. The molecule has 1 amide bonds. The summed E-state index contributed by atoms with van der Waals surface area (Å²) in [4.78, 5) is 11.9. The number of hydrogen-bond donors (Lipinski definition) is 2. The number of nitrogens with two attached hydrogens (primary N) is 1. The highest BCUT2D eigenvalue weighted by Gasteiger charge is 2.17. The van der Waals surface area contributed by atoms with E-state index in [4.69, 9.17) is 10.5 Å². The number of amides is 1. The third-order valence-electron chi connectivity index (χ3n) is 2.95. The summed E-state index contributed by atoms with van der Waals surface area (Å²) in [7, 11) is 0. The van der Waals surface area contributed by atoms with Crippen LogP contribution in [0.2, 0.25) is 0 Å². The molecule has 0 spiro atoms. The van der Waals surface area contributed by atoms with Crippen LogP contribution in [0.15, 0.2) is 18.2 Å². The van der Waals surface area contributed by atoms with Crippen LogP contribution in [-0.4, -0.2) is 18.6 Å². The van der Waals surface area contributed by atoms with Gasteiger partial charge in [0.25, 0.3) is 0 Å². The highest BCUT2D eigenvalue weighted by Crippen LogP contribution is 2.21. The van der Waals surface area contributed by atoms with Crippen molar-refractivity contribution in [1.29, 1.82) is 0 Å². The maximum absolute atomic E-state index is 11.9. The maximum atomic E-state index is 11.9. The first-order valence-corrected chi connectivity index (χ1v) is 6.75. The highest BCUT2D eigenvalue weighted by molar-refractivity contribution is 5.95. The zero-order valence-electron chi connectivity index (χ0n) is 12.2. The van der Waals surface area contributed by atoms with Crippen molar-refractivity contribution in [2.75, 3.05) is 11.9 Å². The monoisotopic (exact) mass is 264 g/mol. The average molecular weight is 264 g/mol. The van der Waals surface area contributed by atoms with Crippen LogP contribution in [0.5, 0.6) is 5.75 Å². The topological polar surface area (TPSA) is 64.3 Å². The van der Waals surface area contributed by atoms with E-state index in [1.54, 1.807) is 0 Å². The van der Waals surface area contributed by atoms with Gasteiger partial charge >= 0.3 is 0 Å². The molecule has 4 nitrogen and oxygen atoms in total. The van der Waals surface area contributed by atoms with Crippen LogP contribution in [0.4, 0.5) is 5.69 Å². The Morgan fingerprint density at radius 3 is 2.63 bits per heavy atom. The molecule has 0 saturated carbocycles. The predicted octanol–water partition coefficient (Wildman–Crippen LogP) is 2.71. The van der Waals surface area contributed by atoms with E-state index < -0.39 is 6.04 Å². The van der Waals surface area contributed by atoms with Gasteiger partial charge in [-0.1, -0.05) is 20.8 Å². The van der Waals surface area contributed by atoms with Gasteiger partial charge in [0.1, 0.15) is 5.75 Å². The quantitative estimate of drug-likeness (QED) is 0.830. The van der Waals surface area contributed by atoms with Gasteiger partial charge in [0, 0.05) is 5.69 Å². The van der Waals surface area contributed by atoms with Gasteiger partial charge in [-0.15, -0.1) is 0 Å². The van der Waals surface area contributed by atoms with Gasteiger partial charge in [-0.2, -0.15) is 0 Å². The molecular formula is C15H24N2O2. The van der Waals surface area contributed by atoms with Crippen molar-refractivity contribution in [2.24, 2.45) is 11.7 Å². The molecule has 0 bridgehead atoms. The van der Waals surface area contributed by atoms with Crippen molar-refractivity contribution in [3.8, 4) is 5.75 Å². The van der Waals surface area contributed by atoms with Crippen LogP contribution >= 0.6 is 0 Å². The lowest BCUT2D eigenvalue weighted by Crippen LogP contribution is -2.39. The summed E-state index contributed by atoms with van der Waals surface area (Å²) in [5, 5.41) is 2.86. The molecule has 1 aromatic carbocycles. The molecular weight excluding hydrogens is 240 g/mol. The van der Waals surface area contributed by atoms with Crippen molar-refractivity contribution < 1.29 is 9.53 Å². The van der Waals surface area contributed by atoms with E-state index in [1.165, 1.54) is 0 Å². The number of ether oxygens (including phenoxy) is 1. The Morgan fingerprint density at radius 2 is 2.11 bits per heavy atom. The summed E-state index contributed by atoms with van der Waals surface area (Å²) in [6, 6.07) is 5.15. The van der Waals surface area contributed by atoms with Crippen LogP contribution in [0, 0.1) is 12.8 Å². The average Bonchev–Trinajstić information content (AvgIpc) is 2.37. The van der Waals surface area contributed by atoms with E-state index in [2.05, 4.69) is 12.2 Å². The molecule has 4 heteroatoms. The van der Waals surface area contributed by atoms with E-state index in [0.717, 1.165) is 23.4 Å². The minimum Gasteiger partial charge on any atom is -0.494 e. The lowest BCUT2D eigenvalue weighted by atomic mass is 10.0. The predicted molar refractivity (Wildman–Crippen MR) is 78.4 cm³/mol. The molecule has 0 aliphatic carbocycles. The van der Waals surface area contributed by atoms with Crippen molar-refractivity contribution >= 4 is 11.6 Å². The molecule has 1 unspecified atom stereocenters. The van der Waals surface area contributed by atoms with E-state index in [-0.39, 0.29) is 11.8 Å². The van der Waals surface area contributed by atoms with Crippen LogP contribution in [-0.2, 0) is 4.79 Å². The number of carbonyl (C=O) groups excluding carboxylic acids is 1. The minimum absolute atomic E-state index is 0.118. The van der Waals surface area contributed by atoms with Crippen LogP contribution in [0.1, 0.15) is 32.8 Å². The summed E-state index contributed by atoms with van der Waals surface area (Å²) in [5.41, 5.74) is 7.57. The molecule has 0 aromatic heterocycles. The molecule has 1 atom stereocenters. The third-order valence-corrected chi connectivity index (χ3v) is 2.95. The van der Waals surface area contributed by atoms with Crippen molar-refractivity contribution in [2.45, 2.75) is 40.2 Å². The number of carbonyl (C=O) groups is 1. The Kier molecular flexibility index (Phi) is 5.83. The van der Waals surface area contributed by atoms with E-state index in [9.17, 15) is 4.79 Å². The van der Waals surface area contributed by atoms with Gasteiger partial charge in [-0.05, 0) is 43.0 Å². The first kappa shape index (κ1) is 15.5. The summed E-state index contributed by atoms with van der Waals surface area (Å²) < 4.78 is 5.54. The first-order chi connectivity index (χ1) is 8.95. The minimum atomic E-state index is -0.490. The van der Waals surface area contributed by atoms with Crippen molar-refractivity contribution in [3.63, 3.8) is 0 Å². The highest BCUT2D eigenvalue weighted by atomic mass is 16.5. The first-order valence-electron chi connectivity index (χ1n) is 6.75. The zero-order valence-corrected chi connectivity index (χ0v) is 12.2. The standard InChI is InChI=1S/C15H24N2O2/c1-5-8-19-12-6-7-13(11(4)9-12)17-15(18)14(16)10(2)3/h6-7,9-10,14H,5,8,16H2,1-4H3,(H,17,18). The molecule has 19 heavy (non-hydrogen) atoms. The SMILES string of the molecule is CCCOc1ccc(NC(=O)C(N)C(C)C)c(C)c1. The molecule has 1 rings (SSSR count). The van der Waals surface area contributed by atoms with Gasteiger partial charge in [0.2, 0.25) is 5.91 Å². The van der Waals surface area contributed by atoms with Crippen molar-refractivity contribution in [3.05, 3.63) is 23.8 Å². The van der Waals surface area contributed by atoms with Gasteiger partial charge in [0.15, 0.2) is 0 Å². The Labute approximate surface area is 115 Å². The smallest absolute Gasteiger partial charge is 0.241 e. The van der Waals surface area contributed by atoms with Crippen LogP contribution in [0.3, 0.4) is 0 Å². The summed E-state index contributed by atoms with van der Waals surface area (Å²) in [6.07, 6.45) is 0.973. The van der Waals surface area contributed by atoms with E-state index in [1.807, 2.05) is 39.0 Å². The molecule has 0 aliphatic heterocycles. The molecule has 0 radical (unpaired) electrons. The molecule has 0 aliphatic rings. The fourth-order valence-electron chi connectivity index (χ4n) is 1.60. The number of nitrogens with one attached hydrogen (secondary N) is 1. The zero-order chi connectivity index (χ0) is 14.4. The largest absolute Gasteiger partial charge is 0.494 e. The van der Waals surface area contributed by atoms with Gasteiger partial charge in [0.05, 0.1) is 12.6 Å². The third kappa shape index (κ3) is 4.56. The van der Waals surface area contributed by atoms with Gasteiger partial charge < -0.3 is 15.8 Å². The number of anilines is 1. The molecule has 106 valence electrons. The molecule has 0 fully saturated rings. The van der Waals surface area contributed by atoms with Gasteiger partial charge in [-0.25, -0.2) is 0 Å². The number of aryl methyl sites for hydroxylation is 1. The van der Waals surface area contributed by atoms with Crippen LogP contribution in [0.25, 0.3) is 0 Å². The van der Waals surface area contributed by atoms with Crippen molar-refractivity contribution in [1.82, 2.24) is 0 Å². The fourth-order valence-corrected chi connectivity index (χ4v) is 1.60. The normalized spacial score (nSPS) is 12.3. The van der Waals surface area contributed by atoms with E-state index in [0.29, 0.717) is 6.61 Å². The number of benzene rings is 1. The lowest BCUT2D eigenvalue weighted by molar-refractivity contribution is -0.118. The Morgan fingerprint density at radius 1 is 1.42 bits per heavy atom. The second kappa shape index (κ2) is 7.14. The molecule has 3 N–H and O–H groups in total. The molecule has 0 saturated heterocycles. The van der Waals surface area contributed by atoms with Crippen LogP contribution < -0.4 is 15.8 Å². The fraction of sp³-hybridized carbons (Fsp3) is 0.533. The molecule has 0 heterocycles. The lowest BCUT2D eigenvalue weighted by Gasteiger charge is -2.17. The number of rotatable bonds is 6.